The van der Waals surface area contributed by atoms with Crippen LogP contribution in [-0.4, -0.2) is 29.9 Å². The number of benzene rings is 2. The van der Waals surface area contributed by atoms with Crippen molar-refractivity contribution in [3.63, 3.8) is 0 Å². The number of likely N-dealkylation sites (tertiary alicyclic amines) is 1. The van der Waals surface area contributed by atoms with Gasteiger partial charge in [0.2, 0.25) is 5.91 Å². The Morgan fingerprint density at radius 3 is 2.52 bits per heavy atom. The van der Waals surface area contributed by atoms with Gasteiger partial charge in [-0.2, -0.15) is 0 Å². The Labute approximate surface area is 241 Å². The fourth-order valence-corrected chi connectivity index (χ4v) is 5.78. The minimum absolute atomic E-state index is 0.139. The highest BCUT2D eigenvalue weighted by Crippen LogP contribution is 2.36. The highest BCUT2D eigenvalue weighted by Gasteiger charge is 2.39. The Morgan fingerprint density at radius 2 is 1.80 bits per heavy atom. The van der Waals surface area contributed by atoms with Crippen molar-refractivity contribution >= 4 is 34.6 Å². The second kappa shape index (κ2) is 15.0. The van der Waals surface area contributed by atoms with E-state index < -0.39 is 6.03 Å². The lowest BCUT2D eigenvalue weighted by Crippen LogP contribution is -2.35. The SMILES string of the molecule is C=C/C=C\C=C/C(C)C1CC(=O)N(C)C1Cc1ccc(-c2cccc(NC(=O)Nc3ccc(F)cc3)c2)s1.CC. The molecule has 0 saturated carbocycles. The van der Waals surface area contributed by atoms with Gasteiger partial charge in [0.1, 0.15) is 5.82 Å². The number of thiophene rings is 1. The molecule has 0 bridgehead atoms. The van der Waals surface area contributed by atoms with Gasteiger partial charge in [0.25, 0.3) is 0 Å². The first-order valence-corrected chi connectivity index (χ1v) is 14.4. The molecule has 210 valence electrons. The van der Waals surface area contributed by atoms with E-state index in [1.165, 1.54) is 29.1 Å². The van der Waals surface area contributed by atoms with Gasteiger partial charge in [-0.3, -0.25) is 4.79 Å². The smallest absolute Gasteiger partial charge is 0.323 e. The summed E-state index contributed by atoms with van der Waals surface area (Å²) in [6.45, 7) is 9.86. The van der Waals surface area contributed by atoms with E-state index in [0.29, 0.717) is 17.8 Å². The largest absolute Gasteiger partial charge is 0.342 e. The van der Waals surface area contributed by atoms with E-state index in [1.807, 2.05) is 68.3 Å². The minimum atomic E-state index is -0.399. The number of nitrogens with one attached hydrogen (secondary N) is 2. The standard InChI is InChI=1S/C31H32FN3O2S.C2H6/c1-4-5-6-7-9-21(2)27-20-30(36)35(3)28(27)19-26-16-17-29(38-26)22-10-8-11-25(18-22)34-31(37)33-24-14-12-23(32)13-15-24;1-2/h4-18,21,27-28H,1,19-20H2,2-3H3,(H2,33,34,37);1-2H3/b6-5-,9-7-;. The summed E-state index contributed by atoms with van der Waals surface area (Å²) >= 11 is 1.70. The molecule has 1 aliphatic rings. The molecular formula is C33H38FN3O2S. The molecule has 5 nitrogen and oxygen atoms in total. The fraction of sp³-hybridized carbons (Fsp3) is 0.273. The predicted octanol–water partition coefficient (Wildman–Crippen LogP) is 8.55. The third-order valence-electron chi connectivity index (χ3n) is 6.82. The molecule has 3 aromatic rings. The van der Waals surface area contributed by atoms with E-state index in [1.54, 1.807) is 17.4 Å². The van der Waals surface area contributed by atoms with Crippen LogP contribution in [0.15, 0.2) is 97.6 Å². The number of urea groups is 1. The van der Waals surface area contributed by atoms with E-state index >= 15 is 0 Å². The zero-order valence-corrected chi connectivity index (χ0v) is 24.4. The number of anilines is 2. The molecular weight excluding hydrogens is 521 g/mol. The van der Waals surface area contributed by atoms with E-state index in [-0.39, 0.29) is 29.6 Å². The molecule has 2 aromatic carbocycles. The zero-order chi connectivity index (χ0) is 29.1. The lowest BCUT2D eigenvalue weighted by molar-refractivity contribution is -0.127. The number of allylic oxidation sites excluding steroid dienone is 5. The number of nitrogens with zero attached hydrogens (tertiary/aromatic N) is 1. The van der Waals surface area contributed by atoms with Gasteiger partial charge in [0, 0.05) is 47.1 Å². The van der Waals surface area contributed by atoms with E-state index in [0.717, 1.165) is 16.9 Å². The Morgan fingerprint density at radius 1 is 1.07 bits per heavy atom. The van der Waals surface area contributed by atoms with Crippen molar-refractivity contribution in [2.45, 2.75) is 39.7 Å². The highest BCUT2D eigenvalue weighted by atomic mass is 32.1. The van der Waals surface area contributed by atoms with Crippen LogP contribution in [0.2, 0.25) is 0 Å². The monoisotopic (exact) mass is 559 g/mol. The number of hydrogen-bond donors (Lipinski definition) is 2. The van der Waals surface area contributed by atoms with E-state index in [4.69, 9.17) is 0 Å². The van der Waals surface area contributed by atoms with Crippen molar-refractivity contribution in [2.75, 3.05) is 17.7 Å². The van der Waals surface area contributed by atoms with E-state index in [9.17, 15) is 14.0 Å². The Kier molecular flexibility index (Phi) is 11.5. The normalized spacial score (nSPS) is 17.5. The van der Waals surface area contributed by atoms with Crippen molar-refractivity contribution in [1.29, 1.82) is 0 Å². The summed E-state index contributed by atoms with van der Waals surface area (Å²) in [6.07, 6.45) is 11.1. The van der Waals surface area contributed by atoms with Gasteiger partial charge in [-0.05, 0) is 65.9 Å². The summed E-state index contributed by atoms with van der Waals surface area (Å²) in [7, 11) is 1.90. The minimum Gasteiger partial charge on any atom is -0.342 e. The maximum atomic E-state index is 13.1. The van der Waals surface area contributed by atoms with Crippen molar-refractivity contribution in [3.05, 3.63) is 108 Å². The van der Waals surface area contributed by atoms with Crippen LogP contribution >= 0.6 is 11.3 Å². The lowest BCUT2D eigenvalue weighted by atomic mass is 9.85. The van der Waals surface area contributed by atoms with Gasteiger partial charge in [-0.15, -0.1) is 11.3 Å². The summed E-state index contributed by atoms with van der Waals surface area (Å²) in [5.41, 5.74) is 2.16. The van der Waals surface area contributed by atoms with Crippen molar-refractivity contribution in [3.8, 4) is 10.4 Å². The van der Waals surface area contributed by atoms with Crippen LogP contribution in [0.25, 0.3) is 10.4 Å². The van der Waals surface area contributed by atoms with E-state index in [2.05, 4.69) is 42.3 Å². The van der Waals surface area contributed by atoms with Crippen molar-refractivity contribution in [2.24, 2.45) is 11.8 Å². The molecule has 0 spiro atoms. The predicted molar refractivity (Wildman–Crippen MR) is 166 cm³/mol. The average Bonchev–Trinajstić information content (AvgIpc) is 3.54. The third kappa shape index (κ3) is 8.26. The number of hydrogen-bond acceptors (Lipinski definition) is 3. The van der Waals surface area contributed by atoms with Gasteiger partial charge in [-0.25, -0.2) is 9.18 Å². The van der Waals surface area contributed by atoms with Crippen LogP contribution in [0, 0.1) is 17.7 Å². The number of likely N-dealkylation sites (N-methyl/N-ethyl adjacent to an activating group) is 1. The Bertz CT molecular complexity index is 1350. The second-order valence-electron chi connectivity index (χ2n) is 9.44. The molecule has 40 heavy (non-hydrogen) atoms. The van der Waals surface area contributed by atoms with Crippen LogP contribution in [-0.2, 0) is 11.2 Å². The Balaban J connectivity index is 0.00000216. The number of carbonyl (C=O) groups is 2. The highest BCUT2D eigenvalue weighted by molar-refractivity contribution is 7.15. The van der Waals surface area contributed by atoms with Crippen LogP contribution in [0.4, 0.5) is 20.6 Å². The Hall–Kier alpha value is -3.97. The number of amides is 3. The topological polar surface area (TPSA) is 61.4 Å². The van der Waals surface area contributed by atoms with Gasteiger partial charge >= 0.3 is 6.03 Å². The first kappa shape index (κ1) is 30.6. The molecule has 1 fully saturated rings. The molecule has 1 saturated heterocycles. The summed E-state index contributed by atoms with van der Waals surface area (Å²) in [5.74, 6) is 0.352. The zero-order valence-electron chi connectivity index (χ0n) is 23.6. The molecule has 1 aromatic heterocycles. The molecule has 0 aliphatic carbocycles. The molecule has 0 radical (unpaired) electrons. The number of carbonyl (C=O) groups excluding carboxylic acids is 2. The molecule has 3 atom stereocenters. The molecule has 2 heterocycles. The van der Waals surface area contributed by atoms with Crippen LogP contribution in [0.3, 0.4) is 0 Å². The molecule has 1 aliphatic heterocycles. The first-order chi connectivity index (χ1) is 19.3. The summed E-state index contributed by atoms with van der Waals surface area (Å²) in [6, 6.07) is 17.2. The van der Waals surface area contributed by atoms with Crippen LogP contribution in [0.5, 0.6) is 0 Å². The molecule has 2 N–H and O–H groups in total. The van der Waals surface area contributed by atoms with Crippen molar-refractivity contribution in [1.82, 2.24) is 4.90 Å². The van der Waals surface area contributed by atoms with Gasteiger partial charge in [0.15, 0.2) is 0 Å². The molecule has 4 rings (SSSR count). The van der Waals surface area contributed by atoms with Crippen LogP contribution < -0.4 is 10.6 Å². The average molecular weight is 560 g/mol. The maximum Gasteiger partial charge on any atom is 0.323 e. The molecule has 7 heteroatoms. The maximum absolute atomic E-state index is 13.1. The summed E-state index contributed by atoms with van der Waals surface area (Å²) in [5, 5.41) is 5.54. The van der Waals surface area contributed by atoms with Gasteiger partial charge < -0.3 is 15.5 Å². The van der Waals surface area contributed by atoms with Crippen LogP contribution in [0.1, 0.15) is 32.1 Å². The number of halogens is 1. The number of rotatable bonds is 9. The lowest BCUT2D eigenvalue weighted by Gasteiger charge is -2.27. The first-order valence-electron chi connectivity index (χ1n) is 13.6. The van der Waals surface area contributed by atoms with Gasteiger partial charge in [0.05, 0.1) is 0 Å². The third-order valence-corrected chi connectivity index (χ3v) is 7.98. The van der Waals surface area contributed by atoms with Gasteiger partial charge in [-0.1, -0.05) is 69.9 Å². The quantitative estimate of drug-likeness (QED) is 0.258. The summed E-state index contributed by atoms with van der Waals surface area (Å²) < 4.78 is 13.1. The molecule has 3 amide bonds. The summed E-state index contributed by atoms with van der Waals surface area (Å²) in [4.78, 5) is 29.2. The fourth-order valence-electron chi connectivity index (χ4n) is 4.73. The second-order valence-corrected chi connectivity index (χ2v) is 10.6. The van der Waals surface area contributed by atoms with Crippen molar-refractivity contribution < 1.29 is 14.0 Å². The molecule has 3 unspecified atom stereocenters.